The maximum Gasteiger partial charge on any atom is 0.337 e. The molecule has 0 atom stereocenters. The molecule has 0 N–H and O–H groups in total. The van der Waals surface area contributed by atoms with Crippen LogP contribution in [0.4, 0.5) is 0 Å². The summed E-state index contributed by atoms with van der Waals surface area (Å²) in [4.78, 5) is 26.6. The molecule has 0 fully saturated rings. The summed E-state index contributed by atoms with van der Waals surface area (Å²) >= 11 is 6.14. The lowest BCUT2D eigenvalue weighted by atomic mass is 10.1. The van der Waals surface area contributed by atoms with E-state index >= 15 is 0 Å². The van der Waals surface area contributed by atoms with Gasteiger partial charge in [-0.25, -0.2) is 4.79 Å². The average molecular weight is 452 g/mol. The van der Waals surface area contributed by atoms with Gasteiger partial charge in [-0.15, -0.1) is 0 Å². The Morgan fingerprint density at radius 2 is 1.77 bits per heavy atom. The molecule has 1 amide bonds. The van der Waals surface area contributed by atoms with Crippen molar-refractivity contribution in [2.75, 3.05) is 14.2 Å². The molecule has 158 valence electrons. The predicted octanol–water partition coefficient (Wildman–Crippen LogP) is 5.42. The first-order valence-corrected chi connectivity index (χ1v) is 10.8. The Labute approximate surface area is 190 Å². The van der Waals surface area contributed by atoms with Gasteiger partial charge in [-0.05, 0) is 29.8 Å². The molecule has 5 nitrogen and oxygen atoms in total. The molecule has 7 heteroatoms. The number of furan rings is 1. The Morgan fingerprint density at radius 1 is 1.06 bits per heavy atom. The first kappa shape index (κ1) is 22.5. The van der Waals surface area contributed by atoms with Gasteiger partial charge in [-0.3, -0.25) is 4.79 Å². The number of nitrogens with zero attached hydrogens (tertiary/aromatic N) is 1. The highest BCUT2D eigenvalue weighted by atomic mass is 32.2. The summed E-state index contributed by atoms with van der Waals surface area (Å²) in [5, 5.41) is 0. The summed E-state index contributed by atoms with van der Waals surface area (Å²) in [5.41, 5.74) is 2.31. The zero-order chi connectivity index (χ0) is 22.2. The first-order chi connectivity index (χ1) is 15.0. The topological polar surface area (TPSA) is 59.8 Å². The van der Waals surface area contributed by atoms with Crippen molar-refractivity contribution in [3.63, 3.8) is 0 Å². The molecule has 0 aliphatic rings. The van der Waals surface area contributed by atoms with Crippen LogP contribution in [-0.4, -0.2) is 35.6 Å². The number of rotatable bonds is 8. The zero-order valence-electron chi connectivity index (χ0n) is 17.1. The standard InChI is InChI=1S/C24H21NO4S2/c1-25(15-17-6-4-3-5-7-17)23(26)22(31-16-30)14-20-12-13-21(29-20)18-8-10-19(11-9-18)24(27)28-2/h3-14,16H,15H2,1-2H3/b22-14+. The number of benzene rings is 2. The van der Waals surface area contributed by atoms with E-state index in [9.17, 15) is 9.59 Å². The predicted molar refractivity (Wildman–Crippen MR) is 128 cm³/mol. The third-order valence-corrected chi connectivity index (χ3v) is 5.42. The minimum absolute atomic E-state index is 0.143. The van der Waals surface area contributed by atoms with Gasteiger partial charge < -0.3 is 14.1 Å². The quantitative estimate of drug-likeness (QED) is 0.259. The molecule has 3 aromatic rings. The van der Waals surface area contributed by atoms with E-state index < -0.39 is 5.97 Å². The summed E-state index contributed by atoms with van der Waals surface area (Å²) in [7, 11) is 3.10. The lowest BCUT2D eigenvalue weighted by Crippen LogP contribution is -2.26. The number of carbonyl (C=O) groups is 2. The molecule has 3 rings (SSSR count). The highest BCUT2D eigenvalue weighted by Crippen LogP contribution is 2.26. The summed E-state index contributed by atoms with van der Waals surface area (Å²) in [6, 6.07) is 20.3. The van der Waals surface area contributed by atoms with E-state index in [1.807, 2.05) is 36.4 Å². The van der Waals surface area contributed by atoms with Crippen LogP contribution in [0.2, 0.25) is 0 Å². The molecule has 0 bridgehead atoms. The summed E-state index contributed by atoms with van der Waals surface area (Å²) in [6.45, 7) is 0.491. The van der Waals surface area contributed by atoms with Crippen molar-refractivity contribution in [3.05, 3.63) is 88.5 Å². The number of ether oxygens (including phenoxy) is 1. The molecular formula is C24H21NO4S2. The zero-order valence-corrected chi connectivity index (χ0v) is 18.7. The Balaban J connectivity index is 1.78. The van der Waals surface area contributed by atoms with Gasteiger partial charge in [0.2, 0.25) is 0 Å². The van der Waals surface area contributed by atoms with Crippen LogP contribution in [0.5, 0.6) is 0 Å². The molecule has 0 unspecified atom stereocenters. The Morgan fingerprint density at radius 3 is 2.42 bits per heavy atom. The van der Waals surface area contributed by atoms with E-state index in [4.69, 9.17) is 21.4 Å². The maximum atomic E-state index is 12.9. The van der Waals surface area contributed by atoms with Crippen LogP contribution in [-0.2, 0) is 16.1 Å². The molecule has 0 aliphatic heterocycles. The van der Waals surface area contributed by atoms with Crippen LogP contribution in [0.25, 0.3) is 17.4 Å². The van der Waals surface area contributed by atoms with Crippen molar-refractivity contribution in [3.8, 4) is 11.3 Å². The molecule has 1 heterocycles. The molecule has 0 radical (unpaired) electrons. The third kappa shape index (κ3) is 5.93. The molecule has 0 aliphatic carbocycles. The molecule has 1 aromatic heterocycles. The van der Waals surface area contributed by atoms with Crippen molar-refractivity contribution in [1.82, 2.24) is 4.90 Å². The van der Waals surface area contributed by atoms with E-state index in [-0.39, 0.29) is 5.91 Å². The van der Waals surface area contributed by atoms with Crippen LogP contribution in [0, 0.1) is 0 Å². The van der Waals surface area contributed by atoms with E-state index in [2.05, 4.69) is 0 Å². The Hall–Kier alpha value is -3.16. The van der Waals surface area contributed by atoms with Crippen LogP contribution < -0.4 is 0 Å². The van der Waals surface area contributed by atoms with Crippen molar-refractivity contribution < 1.29 is 18.7 Å². The smallest absolute Gasteiger partial charge is 0.337 e. The first-order valence-electron chi connectivity index (χ1n) is 9.42. The van der Waals surface area contributed by atoms with Gasteiger partial charge in [0.25, 0.3) is 5.91 Å². The van der Waals surface area contributed by atoms with Gasteiger partial charge in [0.05, 0.1) is 17.6 Å². The molecule has 31 heavy (non-hydrogen) atoms. The second-order valence-electron chi connectivity index (χ2n) is 6.64. The van der Waals surface area contributed by atoms with Crippen molar-refractivity contribution in [1.29, 1.82) is 0 Å². The molecule has 2 aromatic carbocycles. The number of methoxy groups -OCH3 is 1. The van der Waals surface area contributed by atoms with Gasteiger partial charge in [0.15, 0.2) is 0 Å². The van der Waals surface area contributed by atoms with E-state index in [0.29, 0.717) is 28.5 Å². The largest absolute Gasteiger partial charge is 0.465 e. The highest BCUT2D eigenvalue weighted by molar-refractivity contribution is 8.24. The monoisotopic (exact) mass is 451 g/mol. The SMILES string of the molecule is COC(=O)c1ccc(-c2ccc(/C=C(/SC=S)C(=O)N(C)Cc3ccccc3)o2)cc1. The summed E-state index contributed by atoms with van der Waals surface area (Å²) in [6.07, 6.45) is 1.68. The summed E-state index contributed by atoms with van der Waals surface area (Å²) < 4.78 is 12.1. The number of carbonyl (C=O) groups excluding carboxylic acids is 2. The molecular weight excluding hydrogens is 430 g/mol. The van der Waals surface area contributed by atoms with E-state index in [1.165, 1.54) is 23.6 Å². The number of amides is 1. The lowest BCUT2D eigenvalue weighted by Gasteiger charge is -2.18. The lowest BCUT2D eigenvalue weighted by molar-refractivity contribution is -0.125. The second kappa shape index (κ2) is 10.7. The molecule has 0 saturated heterocycles. The number of hydrogen-bond acceptors (Lipinski definition) is 6. The van der Waals surface area contributed by atoms with Crippen molar-refractivity contribution in [2.24, 2.45) is 0 Å². The van der Waals surface area contributed by atoms with E-state index in [0.717, 1.165) is 11.1 Å². The average Bonchev–Trinajstić information content (AvgIpc) is 3.27. The van der Waals surface area contributed by atoms with Crippen LogP contribution >= 0.6 is 24.0 Å². The van der Waals surface area contributed by atoms with Crippen molar-refractivity contribution in [2.45, 2.75) is 6.54 Å². The highest BCUT2D eigenvalue weighted by Gasteiger charge is 2.16. The number of likely N-dealkylation sites (N-methyl/N-ethyl adjacent to an activating group) is 1. The van der Waals surface area contributed by atoms with Gasteiger partial charge in [-0.1, -0.05) is 66.4 Å². The number of esters is 1. The fourth-order valence-corrected chi connectivity index (χ4v) is 3.77. The third-order valence-electron chi connectivity index (χ3n) is 4.49. The number of hydrogen-bond donors (Lipinski definition) is 0. The number of thioether (sulfide) groups is 1. The second-order valence-corrected chi connectivity index (χ2v) is 8.09. The summed E-state index contributed by atoms with van der Waals surface area (Å²) in [5.74, 6) is 0.622. The van der Waals surface area contributed by atoms with Crippen LogP contribution in [0.3, 0.4) is 0 Å². The van der Waals surface area contributed by atoms with E-state index in [1.54, 1.807) is 48.4 Å². The Bertz CT molecular complexity index is 1090. The molecule has 0 saturated carbocycles. The maximum absolute atomic E-state index is 12.9. The fraction of sp³-hybridized carbons (Fsp3) is 0.125. The molecule has 0 spiro atoms. The minimum Gasteiger partial charge on any atom is -0.465 e. The van der Waals surface area contributed by atoms with Gasteiger partial charge in [0.1, 0.15) is 11.5 Å². The van der Waals surface area contributed by atoms with Gasteiger partial charge in [-0.2, -0.15) is 0 Å². The van der Waals surface area contributed by atoms with Crippen molar-refractivity contribution >= 4 is 46.6 Å². The Kier molecular flexibility index (Phi) is 7.81. The van der Waals surface area contributed by atoms with Crippen LogP contribution in [0.1, 0.15) is 21.7 Å². The minimum atomic E-state index is -0.394. The number of thiocarbonyl (C=S) groups is 1. The fourth-order valence-electron chi connectivity index (χ4n) is 2.92. The van der Waals surface area contributed by atoms with Gasteiger partial charge >= 0.3 is 5.97 Å². The van der Waals surface area contributed by atoms with Crippen LogP contribution in [0.15, 0.2) is 76.1 Å². The normalized spacial score (nSPS) is 11.1. The van der Waals surface area contributed by atoms with Gasteiger partial charge in [0, 0.05) is 29.9 Å².